The van der Waals surface area contributed by atoms with E-state index in [2.05, 4.69) is 12.2 Å². The molecular weight excluding hydrogens is 184 g/mol. The van der Waals surface area contributed by atoms with Crippen LogP contribution in [-0.2, 0) is 0 Å². The minimum absolute atomic E-state index is 0.0576. The Morgan fingerprint density at radius 2 is 1.67 bits per heavy atom. The molecule has 3 aliphatic carbocycles. The number of rotatable bonds is 6. The Kier molecular flexibility index (Phi) is 2.33. The van der Waals surface area contributed by atoms with E-state index in [4.69, 9.17) is 5.73 Å². The summed E-state index contributed by atoms with van der Waals surface area (Å²) in [6.07, 6.45) is 8.54. The Morgan fingerprint density at radius 1 is 1.13 bits per heavy atom. The first-order valence-electron chi connectivity index (χ1n) is 6.69. The van der Waals surface area contributed by atoms with Crippen LogP contribution in [0.25, 0.3) is 0 Å². The first-order valence-corrected chi connectivity index (χ1v) is 6.69. The van der Waals surface area contributed by atoms with E-state index >= 15 is 0 Å². The molecule has 3 N–H and O–H groups in total. The lowest BCUT2D eigenvalue weighted by Crippen LogP contribution is -2.51. The molecule has 2 nitrogen and oxygen atoms in total. The summed E-state index contributed by atoms with van der Waals surface area (Å²) in [6, 6.07) is 0.812. The second-order valence-electron chi connectivity index (χ2n) is 6.36. The van der Waals surface area contributed by atoms with E-state index in [1.807, 2.05) is 0 Å². The molecule has 0 radical (unpaired) electrons. The SMILES string of the molecule is CC(N)(CNC(C1CC1)C1CC1)C1CC1. The molecule has 0 aromatic rings. The van der Waals surface area contributed by atoms with E-state index in [0.29, 0.717) is 0 Å². The third-order valence-electron chi connectivity index (χ3n) is 4.49. The van der Waals surface area contributed by atoms with Crippen molar-refractivity contribution >= 4 is 0 Å². The normalized spacial score (nSPS) is 30.6. The first-order chi connectivity index (χ1) is 7.17. The van der Waals surface area contributed by atoms with Crippen LogP contribution in [0.5, 0.6) is 0 Å². The molecule has 3 rings (SSSR count). The molecule has 0 bridgehead atoms. The van der Waals surface area contributed by atoms with Gasteiger partial charge < -0.3 is 11.1 Å². The van der Waals surface area contributed by atoms with Crippen molar-refractivity contribution in [2.75, 3.05) is 6.54 Å². The zero-order valence-electron chi connectivity index (χ0n) is 9.84. The summed E-state index contributed by atoms with van der Waals surface area (Å²) < 4.78 is 0. The van der Waals surface area contributed by atoms with Gasteiger partial charge in [0.25, 0.3) is 0 Å². The topological polar surface area (TPSA) is 38.0 Å². The smallest absolute Gasteiger partial charge is 0.0280 e. The fourth-order valence-corrected chi connectivity index (χ4v) is 2.85. The molecule has 0 saturated heterocycles. The molecule has 1 unspecified atom stereocenters. The minimum Gasteiger partial charge on any atom is -0.324 e. The largest absolute Gasteiger partial charge is 0.324 e. The van der Waals surface area contributed by atoms with Crippen LogP contribution in [-0.4, -0.2) is 18.1 Å². The van der Waals surface area contributed by atoms with Crippen LogP contribution in [0.4, 0.5) is 0 Å². The highest BCUT2D eigenvalue weighted by molar-refractivity contribution is 5.01. The van der Waals surface area contributed by atoms with Crippen molar-refractivity contribution in [2.24, 2.45) is 23.5 Å². The molecule has 2 heteroatoms. The lowest BCUT2D eigenvalue weighted by Gasteiger charge is -2.28. The van der Waals surface area contributed by atoms with Crippen LogP contribution in [0, 0.1) is 17.8 Å². The lowest BCUT2D eigenvalue weighted by molar-refractivity contribution is 0.325. The maximum atomic E-state index is 6.35. The maximum absolute atomic E-state index is 6.35. The van der Waals surface area contributed by atoms with E-state index < -0.39 is 0 Å². The fraction of sp³-hybridized carbons (Fsp3) is 1.00. The maximum Gasteiger partial charge on any atom is 0.0280 e. The average Bonchev–Trinajstić information content (AvgIpc) is 2.92. The first kappa shape index (κ1) is 10.1. The van der Waals surface area contributed by atoms with Gasteiger partial charge in [0.2, 0.25) is 0 Å². The molecular formula is C13H24N2. The van der Waals surface area contributed by atoms with Crippen LogP contribution in [0.1, 0.15) is 45.4 Å². The molecule has 0 spiro atoms. The van der Waals surface area contributed by atoms with E-state index in [-0.39, 0.29) is 5.54 Å². The molecule has 0 aliphatic heterocycles. The van der Waals surface area contributed by atoms with Gasteiger partial charge >= 0.3 is 0 Å². The summed E-state index contributed by atoms with van der Waals surface area (Å²) in [5.41, 5.74) is 6.41. The molecule has 0 aromatic carbocycles. The summed E-state index contributed by atoms with van der Waals surface area (Å²) in [5.74, 6) is 2.78. The quantitative estimate of drug-likeness (QED) is 0.699. The second kappa shape index (κ2) is 3.46. The van der Waals surface area contributed by atoms with E-state index in [0.717, 1.165) is 30.3 Å². The highest BCUT2D eigenvalue weighted by Crippen LogP contribution is 2.45. The van der Waals surface area contributed by atoms with Crippen LogP contribution in [0.15, 0.2) is 0 Å². The van der Waals surface area contributed by atoms with Crippen molar-refractivity contribution in [3.63, 3.8) is 0 Å². The monoisotopic (exact) mass is 208 g/mol. The Bertz CT molecular complexity index is 225. The van der Waals surface area contributed by atoms with Crippen molar-refractivity contribution in [1.29, 1.82) is 0 Å². The van der Waals surface area contributed by atoms with Crippen molar-refractivity contribution in [1.82, 2.24) is 5.32 Å². The lowest BCUT2D eigenvalue weighted by atomic mass is 9.96. The van der Waals surface area contributed by atoms with Crippen LogP contribution in [0.2, 0.25) is 0 Å². The zero-order valence-corrected chi connectivity index (χ0v) is 9.84. The van der Waals surface area contributed by atoms with E-state index in [1.165, 1.54) is 38.5 Å². The van der Waals surface area contributed by atoms with Gasteiger partial charge in [0.15, 0.2) is 0 Å². The predicted molar refractivity (Wildman–Crippen MR) is 62.6 cm³/mol. The third-order valence-corrected chi connectivity index (χ3v) is 4.49. The summed E-state index contributed by atoms with van der Waals surface area (Å²) in [5, 5.41) is 3.78. The average molecular weight is 208 g/mol. The van der Waals surface area contributed by atoms with Gasteiger partial charge in [0.05, 0.1) is 0 Å². The fourth-order valence-electron chi connectivity index (χ4n) is 2.85. The number of nitrogens with one attached hydrogen (secondary N) is 1. The molecule has 3 aliphatic rings. The molecule has 3 saturated carbocycles. The second-order valence-corrected chi connectivity index (χ2v) is 6.36. The molecule has 86 valence electrons. The van der Waals surface area contributed by atoms with Gasteiger partial charge in [-0.05, 0) is 63.2 Å². The van der Waals surface area contributed by atoms with Gasteiger partial charge in [0.1, 0.15) is 0 Å². The zero-order chi connectivity index (χ0) is 10.5. The van der Waals surface area contributed by atoms with Crippen molar-refractivity contribution in [2.45, 2.75) is 57.0 Å². The van der Waals surface area contributed by atoms with Gasteiger partial charge in [-0.25, -0.2) is 0 Å². The molecule has 0 heterocycles. The Balaban J connectivity index is 1.50. The molecule has 0 aromatic heterocycles. The predicted octanol–water partition coefficient (Wildman–Crippen LogP) is 1.89. The van der Waals surface area contributed by atoms with Crippen LogP contribution >= 0.6 is 0 Å². The van der Waals surface area contributed by atoms with Crippen molar-refractivity contribution < 1.29 is 0 Å². The standard InChI is InChI=1S/C13H24N2/c1-13(14,11-6-7-11)8-15-12(9-2-3-9)10-4-5-10/h9-12,15H,2-8,14H2,1H3. The van der Waals surface area contributed by atoms with Crippen molar-refractivity contribution in [3.8, 4) is 0 Å². The van der Waals surface area contributed by atoms with E-state index in [9.17, 15) is 0 Å². The Labute approximate surface area is 93.0 Å². The summed E-state index contributed by atoms with van der Waals surface area (Å²) in [4.78, 5) is 0. The Hall–Kier alpha value is -0.0800. The van der Waals surface area contributed by atoms with Gasteiger partial charge in [-0.2, -0.15) is 0 Å². The van der Waals surface area contributed by atoms with Crippen molar-refractivity contribution in [3.05, 3.63) is 0 Å². The summed E-state index contributed by atoms with van der Waals surface area (Å²) in [7, 11) is 0. The highest BCUT2D eigenvalue weighted by Gasteiger charge is 2.43. The van der Waals surface area contributed by atoms with Gasteiger partial charge in [0, 0.05) is 18.1 Å². The summed E-state index contributed by atoms with van der Waals surface area (Å²) in [6.45, 7) is 3.27. The summed E-state index contributed by atoms with van der Waals surface area (Å²) >= 11 is 0. The molecule has 3 fully saturated rings. The van der Waals surface area contributed by atoms with Gasteiger partial charge in [-0.3, -0.25) is 0 Å². The Morgan fingerprint density at radius 3 is 2.07 bits per heavy atom. The number of hydrogen-bond donors (Lipinski definition) is 2. The van der Waals surface area contributed by atoms with Crippen LogP contribution in [0.3, 0.4) is 0 Å². The third kappa shape index (κ3) is 2.36. The highest BCUT2D eigenvalue weighted by atomic mass is 15.0. The molecule has 15 heavy (non-hydrogen) atoms. The van der Waals surface area contributed by atoms with Gasteiger partial charge in [-0.1, -0.05) is 0 Å². The minimum atomic E-state index is 0.0576. The van der Waals surface area contributed by atoms with Crippen LogP contribution < -0.4 is 11.1 Å². The number of nitrogens with two attached hydrogens (primary N) is 1. The van der Waals surface area contributed by atoms with Gasteiger partial charge in [-0.15, -0.1) is 0 Å². The van der Waals surface area contributed by atoms with E-state index in [1.54, 1.807) is 0 Å². The molecule has 0 amide bonds. The molecule has 1 atom stereocenters. The number of hydrogen-bond acceptors (Lipinski definition) is 2.